The van der Waals surface area contributed by atoms with Crippen LogP contribution in [0.4, 0.5) is 0 Å². The maximum atomic E-state index is 11.3. The molecule has 0 saturated carbocycles. The van der Waals surface area contributed by atoms with Gasteiger partial charge in [0.15, 0.2) is 0 Å². The number of carbonyl (C=O) groups excluding carboxylic acids is 1. The first-order valence-electron chi connectivity index (χ1n) is 6.07. The predicted molar refractivity (Wildman–Crippen MR) is 77.0 cm³/mol. The summed E-state index contributed by atoms with van der Waals surface area (Å²) in [6.07, 6.45) is 1.55. The summed E-state index contributed by atoms with van der Waals surface area (Å²) in [4.78, 5) is 11.3. The number of carbonyl (C=O) groups is 1. The lowest BCUT2D eigenvalue weighted by molar-refractivity contribution is -0.109. The Balaban J connectivity index is 2.25. The van der Waals surface area contributed by atoms with Crippen molar-refractivity contribution < 1.29 is 9.53 Å². The molecule has 0 aromatic heterocycles. The SMILES string of the molecule is COc1cccc(C(C=O)Cc2ccccc2Cl)c1. The first-order valence-corrected chi connectivity index (χ1v) is 6.45. The van der Waals surface area contributed by atoms with Gasteiger partial charge in [-0.1, -0.05) is 41.9 Å². The highest BCUT2D eigenvalue weighted by atomic mass is 35.5. The third-order valence-corrected chi connectivity index (χ3v) is 3.45. The van der Waals surface area contributed by atoms with Gasteiger partial charge in [-0.15, -0.1) is 0 Å². The van der Waals surface area contributed by atoms with Crippen LogP contribution >= 0.6 is 11.6 Å². The quantitative estimate of drug-likeness (QED) is 0.774. The lowest BCUT2D eigenvalue weighted by atomic mass is 9.93. The van der Waals surface area contributed by atoms with Crippen molar-refractivity contribution in [1.29, 1.82) is 0 Å². The van der Waals surface area contributed by atoms with E-state index in [1.165, 1.54) is 0 Å². The second kappa shape index (κ2) is 6.39. The number of halogens is 1. The third-order valence-electron chi connectivity index (χ3n) is 3.08. The molecule has 1 atom stereocenters. The van der Waals surface area contributed by atoms with E-state index in [9.17, 15) is 4.79 Å². The van der Waals surface area contributed by atoms with Crippen LogP contribution in [0, 0.1) is 0 Å². The average molecular weight is 275 g/mol. The van der Waals surface area contributed by atoms with E-state index in [0.717, 1.165) is 23.2 Å². The molecular weight excluding hydrogens is 260 g/mol. The summed E-state index contributed by atoms with van der Waals surface area (Å²) < 4.78 is 5.18. The van der Waals surface area contributed by atoms with E-state index in [0.29, 0.717) is 11.4 Å². The molecule has 0 saturated heterocycles. The van der Waals surface area contributed by atoms with Crippen LogP contribution in [0.2, 0.25) is 5.02 Å². The minimum absolute atomic E-state index is 0.213. The monoisotopic (exact) mass is 274 g/mol. The van der Waals surface area contributed by atoms with Crippen LogP contribution < -0.4 is 4.74 Å². The summed E-state index contributed by atoms with van der Waals surface area (Å²) in [6, 6.07) is 15.2. The molecule has 0 heterocycles. The van der Waals surface area contributed by atoms with Gasteiger partial charge in [0.1, 0.15) is 12.0 Å². The molecule has 0 aliphatic carbocycles. The molecule has 0 spiro atoms. The molecule has 1 unspecified atom stereocenters. The Morgan fingerprint density at radius 1 is 1.21 bits per heavy atom. The maximum Gasteiger partial charge on any atom is 0.127 e. The first-order chi connectivity index (χ1) is 9.24. The maximum absolute atomic E-state index is 11.3. The van der Waals surface area contributed by atoms with Crippen molar-refractivity contribution in [2.24, 2.45) is 0 Å². The highest BCUT2D eigenvalue weighted by Gasteiger charge is 2.13. The lowest BCUT2D eigenvalue weighted by Crippen LogP contribution is -2.05. The van der Waals surface area contributed by atoms with Crippen molar-refractivity contribution in [1.82, 2.24) is 0 Å². The van der Waals surface area contributed by atoms with E-state index in [-0.39, 0.29) is 5.92 Å². The summed E-state index contributed by atoms with van der Waals surface area (Å²) in [5, 5.41) is 0.692. The van der Waals surface area contributed by atoms with Crippen LogP contribution in [0.1, 0.15) is 17.0 Å². The van der Waals surface area contributed by atoms with Crippen LogP contribution in [0.3, 0.4) is 0 Å². The van der Waals surface area contributed by atoms with E-state index >= 15 is 0 Å². The first kappa shape index (κ1) is 13.6. The van der Waals surface area contributed by atoms with Crippen molar-refractivity contribution in [3.63, 3.8) is 0 Å². The number of hydrogen-bond acceptors (Lipinski definition) is 2. The zero-order valence-corrected chi connectivity index (χ0v) is 11.4. The molecule has 2 aromatic carbocycles. The van der Waals surface area contributed by atoms with Gasteiger partial charge < -0.3 is 9.53 Å². The molecule has 0 fully saturated rings. The van der Waals surface area contributed by atoms with Gasteiger partial charge in [0, 0.05) is 10.9 Å². The van der Waals surface area contributed by atoms with Crippen molar-refractivity contribution >= 4 is 17.9 Å². The molecule has 0 aliphatic heterocycles. The number of rotatable bonds is 5. The Bertz CT molecular complexity index is 566. The van der Waals surface area contributed by atoms with Gasteiger partial charge in [-0.2, -0.15) is 0 Å². The molecule has 3 heteroatoms. The van der Waals surface area contributed by atoms with E-state index in [1.807, 2.05) is 48.5 Å². The Morgan fingerprint density at radius 2 is 2.00 bits per heavy atom. The van der Waals surface area contributed by atoms with Gasteiger partial charge >= 0.3 is 0 Å². The molecule has 98 valence electrons. The Hall–Kier alpha value is -1.80. The second-order valence-corrected chi connectivity index (χ2v) is 4.72. The largest absolute Gasteiger partial charge is 0.497 e. The van der Waals surface area contributed by atoms with Crippen LogP contribution in [0.15, 0.2) is 48.5 Å². The summed E-state index contributed by atoms with van der Waals surface area (Å²) >= 11 is 6.13. The second-order valence-electron chi connectivity index (χ2n) is 4.31. The molecule has 19 heavy (non-hydrogen) atoms. The molecular formula is C16H15ClO2. The minimum Gasteiger partial charge on any atom is -0.497 e. The van der Waals surface area contributed by atoms with E-state index in [4.69, 9.17) is 16.3 Å². The van der Waals surface area contributed by atoms with Gasteiger partial charge in [-0.05, 0) is 35.7 Å². The zero-order valence-electron chi connectivity index (χ0n) is 10.7. The van der Waals surface area contributed by atoms with Crippen LogP contribution in [0.25, 0.3) is 0 Å². The van der Waals surface area contributed by atoms with Gasteiger partial charge in [0.2, 0.25) is 0 Å². The van der Waals surface area contributed by atoms with Gasteiger partial charge in [-0.3, -0.25) is 0 Å². The lowest BCUT2D eigenvalue weighted by Gasteiger charge is -2.13. The average Bonchev–Trinajstić information content (AvgIpc) is 2.46. The number of benzene rings is 2. The summed E-state index contributed by atoms with van der Waals surface area (Å²) in [5.41, 5.74) is 1.92. The number of ether oxygens (including phenoxy) is 1. The zero-order chi connectivity index (χ0) is 13.7. The molecule has 0 bridgehead atoms. The van der Waals surface area contributed by atoms with Crippen molar-refractivity contribution in [2.45, 2.75) is 12.3 Å². The Morgan fingerprint density at radius 3 is 2.68 bits per heavy atom. The highest BCUT2D eigenvalue weighted by molar-refractivity contribution is 6.31. The molecule has 0 amide bonds. The molecule has 0 N–H and O–H groups in total. The van der Waals surface area contributed by atoms with Crippen molar-refractivity contribution in [3.05, 3.63) is 64.7 Å². The van der Waals surface area contributed by atoms with Gasteiger partial charge in [0.05, 0.1) is 7.11 Å². The third kappa shape index (κ3) is 3.36. The topological polar surface area (TPSA) is 26.3 Å². The molecule has 2 rings (SSSR count). The normalized spacial score (nSPS) is 11.9. The predicted octanol–water partition coefficient (Wildman–Crippen LogP) is 3.87. The molecule has 2 aromatic rings. The van der Waals surface area contributed by atoms with Crippen molar-refractivity contribution in [3.8, 4) is 5.75 Å². The smallest absolute Gasteiger partial charge is 0.127 e. The van der Waals surface area contributed by atoms with Gasteiger partial charge in [-0.25, -0.2) is 0 Å². The Kier molecular flexibility index (Phi) is 4.58. The fourth-order valence-corrected chi connectivity index (χ4v) is 2.23. The van der Waals surface area contributed by atoms with Crippen LogP contribution in [-0.4, -0.2) is 13.4 Å². The van der Waals surface area contributed by atoms with Crippen molar-refractivity contribution in [2.75, 3.05) is 7.11 Å². The number of aldehydes is 1. The van der Waals surface area contributed by atoms with E-state index in [2.05, 4.69) is 0 Å². The molecule has 0 aliphatic rings. The van der Waals surface area contributed by atoms with E-state index in [1.54, 1.807) is 7.11 Å². The van der Waals surface area contributed by atoms with Crippen LogP contribution in [0.5, 0.6) is 5.75 Å². The minimum atomic E-state index is -0.213. The highest BCUT2D eigenvalue weighted by Crippen LogP contribution is 2.26. The fraction of sp³-hybridized carbons (Fsp3) is 0.188. The van der Waals surface area contributed by atoms with Crippen LogP contribution in [-0.2, 0) is 11.2 Å². The summed E-state index contributed by atoms with van der Waals surface area (Å²) in [6.45, 7) is 0. The number of hydrogen-bond donors (Lipinski definition) is 0. The molecule has 0 radical (unpaired) electrons. The summed E-state index contributed by atoms with van der Waals surface area (Å²) in [7, 11) is 1.61. The van der Waals surface area contributed by atoms with E-state index < -0.39 is 0 Å². The summed E-state index contributed by atoms with van der Waals surface area (Å²) in [5.74, 6) is 0.540. The standard InChI is InChI=1S/C16H15ClO2/c1-19-15-7-4-6-12(10-15)14(11-18)9-13-5-2-3-8-16(13)17/h2-8,10-11,14H,9H2,1H3. The Labute approximate surface area is 118 Å². The fourth-order valence-electron chi connectivity index (χ4n) is 2.02. The molecule has 2 nitrogen and oxygen atoms in total. The van der Waals surface area contributed by atoms with Gasteiger partial charge in [0.25, 0.3) is 0 Å². The number of methoxy groups -OCH3 is 1.